The van der Waals surface area contributed by atoms with Gasteiger partial charge in [-0.15, -0.1) is 11.6 Å². The molecule has 0 bridgehead atoms. The number of hydrogen-bond acceptors (Lipinski definition) is 5. The van der Waals surface area contributed by atoms with Crippen molar-refractivity contribution in [1.82, 2.24) is 0 Å². The first-order valence-electron chi connectivity index (χ1n) is 6.66. The molecule has 2 aliphatic heterocycles. The van der Waals surface area contributed by atoms with Crippen molar-refractivity contribution in [3.63, 3.8) is 0 Å². The summed E-state index contributed by atoms with van der Waals surface area (Å²) in [5, 5.41) is 3.34. The van der Waals surface area contributed by atoms with Crippen LogP contribution in [0.4, 0.5) is 11.4 Å². The van der Waals surface area contributed by atoms with Crippen LogP contribution in [0.5, 0.6) is 0 Å². The lowest BCUT2D eigenvalue weighted by atomic mass is 10.1. The average molecular weight is 297 g/mol. The summed E-state index contributed by atoms with van der Waals surface area (Å²) in [4.78, 5) is 13.8. The Morgan fingerprint density at radius 1 is 1.60 bits per heavy atom. The fourth-order valence-corrected chi connectivity index (χ4v) is 2.81. The molecule has 20 heavy (non-hydrogen) atoms. The standard InChI is InChI=1S/C14H17ClN2O3/c1-19-14(18)9-2-3-12-11(6-9)16-13(7-15)17(12)8-10-4-5-20-10/h2-3,6,10,13,16H,4-5,7-8H2,1H3/t10?,13-/m0/s1. The molecule has 1 saturated heterocycles. The lowest BCUT2D eigenvalue weighted by Crippen LogP contribution is -2.45. The zero-order valence-corrected chi connectivity index (χ0v) is 12.0. The van der Waals surface area contributed by atoms with Crippen molar-refractivity contribution in [3.05, 3.63) is 23.8 Å². The van der Waals surface area contributed by atoms with Gasteiger partial charge in [0.15, 0.2) is 0 Å². The molecule has 5 nitrogen and oxygen atoms in total. The Morgan fingerprint density at radius 3 is 3.00 bits per heavy atom. The van der Waals surface area contributed by atoms with E-state index in [1.54, 1.807) is 6.07 Å². The van der Waals surface area contributed by atoms with E-state index in [0.717, 1.165) is 30.9 Å². The van der Waals surface area contributed by atoms with Gasteiger partial charge in [-0.05, 0) is 24.6 Å². The number of hydrogen-bond donors (Lipinski definition) is 1. The molecule has 1 aromatic rings. The first kappa shape index (κ1) is 13.5. The number of esters is 1. The van der Waals surface area contributed by atoms with E-state index in [9.17, 15) is 4.79 Å². The highest BCUT2D eigenvalue weighted by Crippen LogP contribution is 2.36. The van der Waals surface area contributed by atoms with Crippen molar-refractivity contribution in [3.8, 4) is 0 Å². The highest BCUT2D eigenvalue weighted by atomic mass is 35.5. The zero-order chi connectivity index (χ0) is 14.1. The molecule has 1 fully saturated rings. The van der Waals surface area contributed by atoms with E-state index in [-0.39, 0.29) is 18.2 Å². The number of carbonyl (C=O) groups excluding carboxylic acids is 1. The van der Waals surface area contributed by atoms with Gasteiger partial charge in [0, 0.05) is 13.2 Å². The van der Waals surface area contributed by atoms with Crippen LogP contribution < -0.4 is 10.2 Å². The number of anilines is 2. The molecule has 2 aliphatic rings. The SMILES string of the molecule is COC(=O)c1ccc2c(c1)N[C@H](CCl)N2CC1CCO1. The Balaban J connectivity index is 1.84. The number of rotatable bonds is 4. The van der Waals surface area contributed by atoms with E-state index in [2.05, 4.69) is 10.2 Å². The van der Waals surface area contributed by atoms with Gasteiger partial charge in [-0.2, -0.15) is 0 Å². The van der Waals surface area contributed by atoms with Crippen molar-refractivity contribution in [2.45, 2.75) is 18.7 Å². The minimum Gasteiger partial charge on any atom is -0.465 e. The van der Waals surface area contributed by atoms with Crippen molar-refractivity contribution >= 4 is 28.9 Å². The van der Waals surface area contributed by atoms with Crippen molar-refractivity contribution in [1.29, 1.82) is 0 Å². The summed E-state index contributed by atoms with van der Waals surface area (Å²) in [6, 6.07) is 5.51. The van der Waals surface area contributed by atoms with Crippen molar-refractivity contribution in [2.24, 2.45) is 0 Å². The molecule has 3 rings (SSSR count). The van der Waals surface area contributed by atoms with Crippen LogP contribution in [0.2, 0.25) is 0 Å². The van der Waals surface area contributed by atoms with E-state index < -0.39 is 0 Å². The molecule has 1 N–H and O–H groups in total. The number of nitrogens with one attached hydrogen (secondary N) is 1. The zero-order valence-electron chi connectivity index (χ0n) is 11.3. The molecule has 0 aliphatic carbocycles. The summed E-state index contributed by atoms with van der Waals surface area (Å²) >= 11 is 6.03. The van der Waals surface area contributed by atoms with Crippen LogP contribution in [0.3, 0.4) is 0 Å². The molecule has 0 aromatic heterocycles. The van der Waals surface area contributed by atoms with Gasteiger partial charge in [0.1, 0.15) is 6.17 Å². The van der Waals surface area contributed by atoms with Crippen LogP contribution in [-0.4, -0.2) is 44.4 Å². The second-order valence-corrected chi connectivity index (χ2v) is 5.28. The number of ether oxygens (including phenoxy) is 2. The van der Waals surface area contributed by atoms with E-state index in [0.29, 0.717) is 11.4 Å². The fourth-order valence-electron chi connectivity index (χ4n) is 2.57. The minimum absolute atomic E-state index is 0.0313. The van der Waals surface area contributed by atoms with Crippen molar-refractivity contribution < 1.29 is 14.3 Å². The van der Waals surface area contributed by atoms with Crippen molar-refractivity contribution in [2.75, 3.05) is 36.4 Å². The molecule has 0 spiro atoms. The Kier molecular flexibility index (Phi) is 3.72. The number of fused-ring (bicyclic) bond motifs is 1. The topological polar surface area (TPSA) is 50.8 Å². The molecule has 0 radical (unpaired) electrons. The van der Waals surface area contributed by atoms with E-state index in [1.807, 2.05) is 12.1 Å². The molecular weight excluding hydrogens is 280 g/mol. The van der Waals surface area contributed by atoms with E-state index >= 15 is 0 Å². The van der Waals surface area contributed by atoms with Crippen LogP contribution in [0.25, 0.3) is 0 Å². The second-order valence-electron chi connectivity index (χ2n) is 4.97. The lowest BCUT2D eigenvalue weighted by Gasteiger charge is -2.34. The maximum absolute atomic E-state index is 11.6. The number of methoxy groups -OCH3 is 1. The van der Waals surface area contributed by atoms with Gasteiger partial charge in [0.05, 0.1) is 36.0 Å². The summed E-state index contributed by atoms with van der Waals surface area (Å²) in [5.74, 6) is 0.132. The lowest BCUT2D eigenvalue weighted by molar-refractivity contribution is -0.0448. The summed E-state index contributed by atoms with van der Waals surface area (Å²) in [6.45, 7) is 1.65. The average Bonchev–Trinajstić information content (AvgIpc) is 2.78. The predicted molar refractivity (Wildman–Crippen MR) is 77.6 cm³/mol. The van der Waals surface area contributed by atoms with Gasteiger partial charge >= 0.3 is 5.97 Å². The third-order valence-corrected chi connectivity index (χ3v) is 4.06. The molecule has 1 aromatic carbocycles. The van der Waals surface area contributed by atoms with Gasteiger partial charge < -0.3 is 19.7 Å². The van der Waals surface area contributed by atoms with E-state index in [1.165, 1.54) is 7.11 Å². The van der Waals surface area contributed by atoms with Gasteiger partial charge in [-0.25, -0.2) is 4.79 Å². The third kappa shape index (κ3) is 2.31. The monoisotopic (exact) mass is 296 g/mol. The van der Waals surface area contributed by atoms with Gasteiger partial charge in [0.25, 0.3) is 0 Å². The smallest absolute Gasteiger partial charge is 0.337 e. The molecule has 2 heterocycles. The Labute approximate surface area is 122 Å². The third-order valence-electron chi connectivity index (χ3n) is 3.77. The normalized spacial score (nSPS) is 23.8. The Bertz CT molecular complexity index is 519. The number of halogens is 1. The summed E-state index contributed by atoms with van der Waals surface area (Å²) in [5.41, 5.74) is 2.51. The number of alkyl halides is 1. The summed E-state index contributed by atoms with van der Waals surface area (Å²) in [7, 11) is 1.38. The maximum Gasteiger partial charge on any atom is 0.337 e. The van der Waals surface area contributed by atoms with E-state index in [4.69, 9.17) is 21.1 Å². The molecule has 0 amide bonds. The highest BCUT2D eigenvalue weighted by Gasteiger charge is 2.32. The number of benzene rings is 1. The highest BCUT2D eigenvalue weighted by molar-refractivity contribution is 6.18. The molecule has 6 heteroatoms. The molecule has 0 saturated carbocycles. The van der Waals surface area contributed by atoms with Gasteiger partial charge in [-0.1, -0.05) is 0 Å². The maximum atomic E-state index is 11.6. The second kappa shape index (κ2) is 5.50. The van der Waals surface area contributed by atoms with Gasteiger partial charge in [-0.3, -0.25) is 0 Å². The Morgan fingerprint density at radius 2 is 2.40 bits per heavy atom. The van der Waals surface area contributed by atoms with Crippen LogP contribution in [0.15, 0.2) is 18.2 Å². The molecular formula is C14H17ClN2O3. The van der Waals surface area contributed by atoms with Crippen LogP contribution >= 0.6 is 11.6 Å². The molecule has 108 valence electrons. The minimum atomic E-state index is -0.335. The number of carbonyl (C=O) groups is 1. The number of nitrogens with zero attached hydrogens (tertiary/aromatic N) is 1. The van der Waals surface area contributed by atoms with Crippen LogP contribution in [-0.2, 0) is 9.47 Å². The Hall–Kier alpha value is -1.46. The first-order chi connectivity index (χ1) is 9.72. The predicted octanol–water partition coefficient (Wildman–Crippen LogP) is 2.06. The summed E-state index contributed by atoms with van der Waals surface area (Å²) in [6.07, 6.45) is 1.39. The summed E-state index contributed by atoms with van der Waals surface area (Å²) < 4.78 is 10.2. The molecule has 1 unspecified atom stereocenters. The van der Waals surface area contributed by atoms with Crippen LogP contribution in [0, 0.1) is 0 Å². The van der Waals surface area contributed by atoms with Crippen LogP contribution in [0.1, 0.15) is 16.8 Å². The first-order valence-corrected chi connectivity index (χ1v) is 7.19. The molecule has 2 atom stereocenters. The largest absolute Gasteiger partial charge is 0.465 e. The quantitative estimate of drug-likeness (QED) is 0.681. The van der Waals surface area contributed by atoms with Gasteiger partial charge in [0.2, 0.25) is 0 Å². The fraction of sp³-hybridized carbons (Fsp3) is 0.500.